The minimum Gasteiger partial charge on any atom is -0.387 e. The standard InChI is InChI=1S/C10H13FN2.ClH/c1-10(2,9(12)13)7-5-3-4-6-8(7)11;/h3-6H,1-2H3,(H3,12,13);1H. The topological polar surface area (TPSA) is 49.9 Å². The molecule has 78 valence electrons. The number of amidine groups is 1. The van der Waals surface area contributed by atoms with Gasteiger partial charge in [-0.2, -0.15) is 0 Å². The SMILES string of the molecule is CC(C)(C(=N)N)c1ccccc1F.Cl. The molecular weight excluding hydrogens is 203 g/mol. The predicted molar refractivity (Wildman–Crippen MR) is 58.6 cm³/mol. The number of benzene rings is 1. The third kappa shape index (κ3) is 2.23. The molecule has 0 spiro atoms. The maximum atomic E-state index is 13.3. The highest BCUT2D eigenvalue weighted by Gasteiger charge is 2.26. The lowest BCUT2D eigenvalue weighted by molar-refractivity contribution is 0.571. The molecule has 0 saturated heterocycles. The Morgan fingerprint density at radius 1 is 1.36 bits per heavy atom. The smallest absolute Gasteiger partial charge is 0.127 e. The van der Waals surface area contributed by atoms with Gasteiger partial charge < -0.3 is 5.73 Å². The fourth-order valence-electron chi connectivity index (χ4n) is 1.11. The van der Waals surface area contributed by atoms with Crippen LogP contribution in [0.3, 0.4) is 0 Å². The highest BCUT2D eigenvalue weighted by molar-refractivity contribution is 5.88. The molecule has 4 heteroatoms. The van der Waals surface area contributed by atoms with Gasteiger partial charge in [-0.1, -0.05) is 18.2 Å². The van der Waals surface area contributed by atoms with Crippen molar-refractivity contribution in [2.45, 2.75) is 19.3 Å². The summed E-state index contributed by atoms with van der Waals surface area (Å²) in [6, 6.07) is 6.38. The van der Waals surface area contributed by atoms with E-state index in [1.807, 2.05) is 0 Å². The zero-order valence-electron chi connectivity index (χ0n) is 8.17. The van der Waals surface area contributed by atoms with Crippen molar-refractivity contribution in [3.8, 4) is 0 Å². The maximum Gasteiger partial charge on any atom is 0.127 e. The molecule has 0 aliphatic rings. The van der Waals surface area contributed by atoms with Crippen LogP contribution in [-0.2, 0) is 5.41 Å². The van der Waals surface area contributed by atoms with E-state index in [0.717, 1.165) is 0 Å². The molecule has 14 heavy (non-hydrogen) atoms. The van der Waals surface area contributed by atoms with Gasteiger partial charge in [0.15, 0.2) is 0 Å². The first-order chi connectivity index (χ1) is 5.96. The molecule has 0 bridgehead atoms. The van der Waals surface area contributed by atoms with E-state index in [-0.39, 0.29) is 24.1 Å². The summed E-state index contributed by atoms with van der Waals surface area (Å²) in [6.45, 7) is 3.46. The second kappa shape index (κ2) is 4.42. The average Bonchev–Trinajstić information content (AvgIpc) is 2.04. The number of hydrogen-bond acceptors (Lipinski definition) is 1. The summed E-state index contributed by atoms with van der Waals surface area (Å²) in [5, 5.41) is 7.34. The molecule has 1 aromatic carbocycles. The van der Waals surface area contributed by atoms with Crippen LogP contribution in [0.15, 0.2) is 24.3 Å². The Balaban J connectivity index is 0.00000169. The van der Waals surface area contributed by atoms with E-state index in [9.17, 15) is 4.39 Å². The highest BCUT2D eigenvalue weighted by Crippen LogP contribution is 2.24. The summed E-state index contributed by atoms with van der Waals surface area (Å²) in [6.07, 6.45) is 0. The molecule has 0 aliphatic heterocycles. The van der Waals surface area contributed by atoms with Crippen LogP contribution in [0.25, 0.3) is 0 Å². The van der Waals surface area contributed by atoms with Gasteiger partial charge in [-0.15, -0.1) is 12.4 Å². The second-order valence-electron chi connectivity index (χ2n) is 3.52. The van der Waals surface area contributed by atoms with Crippen molar-refractivity contribution < 1.29 is 4.39 Å². The van der Waals surface area contributed by atoms with Gasteiger partial charge in [0, 0.05) is 11.0 Å². The Morgan fingerprint density at radius 2 is 1.86 bits per heavy atom. The van der Waals surface area contributed by atoms with E-state index < -0.39 is 5.41 Å². The van der Waals surface area contributed by atoms with Crippen LogP contribution < -0.4 is 5.73 Å². The molecular formula is C10H14ClFN2. The van der Waals surface area contributed by atoms with Gasteiger partial charge in [0.25, 0.3) is 0 Å². The summed E-state index contributed by atoms with van der Waals surface area (Å²) in [5.74, 6) is -0.347. The monoisotopic (exact) mass is 216 g/mol. The van der Waals surface area contributed by atoms with Gasteiger partial charge in [0.2, 0.25) is 0 Å². The minimum atomic E-state index is -0.731. The van der Waals surface area contributed by atoms with E-state index in [4.69, 9.17) is 11.1 Å². The molecule has 0 heterocycles. The van der Waals surface area contributed by atoms with Crippen LogP contribution >= 0.6 is 12.4 Å². The van der Waals surface area contributed by atoms with Gasteiger partial charge >= 0.3 is 0 Å². The van der Waals surface area contributed by atoms with E-state index >= 15 is 0 Å². The summed E-state index contributed by atoms with van der Waals surface area (Å²) in [7, 11) is 0. The summed E-state index contributed by atoms with van der Waals surface area (Å²) < 4.78 is 13.3. The second-order valence-corrected chi connectivity index (χ2v) is 3.52. The Hall–Kier alpha value is -1.09. The normalized spacial score (nSPS) is 10.5. The van der Waals surface area contributed by atoms with Crippen LogP contribution in [0.1, 0.15) is 19.4 Å². The lowest BCUT2D eigenvalue weighted by Crippen LogP contribution is -2.35. The van der Waals surface area contributed by atoms with Crippen LogP contribution in [0.2, 0.25) is 0 Å². The van der Waals surface area contributed by atoms with Crippen molar-refractivity contribution in [1.29, 1.82) is 5.41 Å². The van der Waals surface area contributed by atoms with E-state index in [1.54, 1.807) is 32.0 Å². The van der Waals surface area contributed by atoms with E-state index in [0.29, 0.717) is 5.56 Å². The van der Waals surface area contributed by atoms with Gasteiger partial charge in [-0.25, -0.2) is 4.39 Å². The van der Waals surface area contributed by atoms with Gasteiger partial charge in [-0.3, -0.25) is 5.41 Å². The quantitative estimate of drug-likeness (QED) is 0.579. The van der Waals surface area contributed by atoms with Crippen molar-refractivity contribution in [3.05, 3.63) is 35.6 Å². The third-order valence-corrected chi connectivity index (χ3v) is 2.22. The number of rotatable bonds is 2. The number of nitrogens with one attached hydrogen (secondary N) is 1. The molecule has 0 amide bonds. The van der Waals surface area contributed by atoms with Crippen molar-refractivity contribution in [2.75, 3.05) is 0 Å². The van der Waals surface area contributed by atoms with Crippen LogP contribution in [0.4, 0.5) is 4.39 Å². The lowest BCUT2D eigenvalue weighted by Gasteiger charge is -2.23. The molecule has 2 nitrogen and oxygen atoms in total. The fourth-order valence-corrected chi connectivity index (χ4v) is 1.11. The van der Waals surface area contributed by atoms with Crippen LogP contribution in [-0.4, -0.2) is 5.84 Å². The van der Waals surface area contributed by atoms with Crippen molar-refractivity contribution in [1.82, 2.24) is 0 Å². The zero-order valence-corrected chi connectivity index (χ0v) is 8.99. The Bertz CT molecular complexity index is 337. The first kappa shape index (κ1) is 12.9. The Labute approximate surface area is 89.2 Å². The minimum absolute atomic E-state index is 0. The zero-order chi connectivity index (χ0) is 10.1. The predicted octanol–water partition coefficient (Wildman–Crippen LogP) is 2.46. The van der Waals surface area contributed by atoms with Gasteiger partial charge in [0.05, 0.1) is 0 Å². The molecule has 0 saturated carbocycles. The van der Waals surface area contributed by atoms with Crippen molar-refractivity contribution in [3.63, 3.8) is 0 Å². The number of halogens is 2. The summed E-state index contributed by atoms with van der Waals surface area (Å²) in [5.41, 5.74) is 5.12. The number of hydrogen-bond donors (Lipinski definition) is 2. The number of nitrogens with two attached hydrogens (primary N) is 1. The first-order valence-electron chi connectivity index (χ1n) is 4.06. The van der Waals surface area contributed by atoms with Gasteiger partial charge in [0.1, 0.15) is 11.7 Å². The van der Waals surface area contributed by atoms with Crippen molar-refractivity contribution in [2.24, 2.45) is 5.73 Å². The first-order valence-corrected chi connectivity index (χ1v) is 4.06. The maximum absolute atomic E-state index is 13.3. The van der Waals surface area contributed by atoms with E-state index in [2.05, 4.69) is 0 Å². The molecule has 0 aromatic heterocycles. The molecule has 3 N–H and O–H groups in total. The summed E-state index contributed by atoms with van der Waals surface area (Å²) >= 11 is 0. The average molecular weight is 217 g/mol. The van der Waals surface area contributed by atoms with E-state index in [1.165, 1.54) is 6.07 Å². The van der Waals surface area contributed by atoms with Crippen molar-refractivity contribution >= 4 is 18.2 Å². The molecule has 0 unspecified atom stereocenters. The molecule has 0 aliphatic carbocycles. The lowest BCUT2D eigenvalue weighted by atomic mass is 9.83. The summed E-state index contributed by atoms with van der Waals surface area (Å²) in [4.78, 5) is 0. The molecule has 0 radical (unpaired) electrons. The molecule has 1 aromatic rings. The van der Waals surface area contributed by atoms with Gasteiger partial charge in [-0.05, 0) is 19.9 Å². The van der Waals surface area contributed by atoms with Crippen LogP contribution in [0.5, 0.6) is 0 Å². The highest BCUT2D eigenvalue weighted by atomic mass is 35.5. The fraction of sp³-hybridized carbons (Fsp3) is 0.300. The molecule has 0 fully saturated rings. The Morgan fingerprint density at radius 3 is 2.29 bits per heavy atom. The molecule has 0 atom stereocenters. The Kier molecular flexibility index (Phi) is 4.08. The van der Waals surface area contributed by atoms with Crippen LogP contribution in [0, 0.1) is 11.2 Å². The largest absolute Gasteiger partial charge is 0.387 e. The molecule has 1 rings (SSSR count). The third-order valence-electron chi connectivity index (χ3n) is 2.22.